The second-order valence-electron chi connectivity index (χ2n) is 8.97. The van der Waals surface area contributed by atoms with Crippen LogP contribution in [0.2, 0.25) is 0 Å². The number of ether oxygens (including phenoxy) is 2. The summed E-state index contributed by atoms with van der Waals surface area (Å²) in [6, 6.07) is 12.2. The van der Waals surface area contributed by atoms with E-state index in [1.165, 1.54) is 0 Å². The zero-order valence-electron chi connectivity index (χ0n) is 18.4. The van der Waals surface area contributed by atoms with E-state index in [1.54, 1.807) is 47.4 Å². The van der Waals surface area contributed by atoms with Gasteiger partial charge in [-0.05, 0) is 45.0 Å². The maximum atomic E-state index is 13.0. The molecule has 2 aromatic carbocycles. The third-order valence-corrected chi connectivity index (χ3v) is 5.25. The number of carbonyl (C=O) groups excluding carboxylic acids is 3. The highest BCUT2D eigenvalue weighted by Crippen LogP contribution is 2.36. The van der Waals surface area contributed by atoms with E-state index in [9.17, 15) is 14.4 Å². The molecule has 0 spiro atoms. The first kappa shape index (κ1) is 21.7. The second-order valence-corrected chi connectivity index (χ2v) is 8.97. The Morgan fingerprint density at radius 3 is 2.50 bits per heavy atom. The highest BCUT2D eigenvalue weighted by molar-refractivity contribution is 6.07. The Hall–Kier alpha value is -3.55. The van der Waals surface area contributed by atoms with E-state index in [4.69, 9.17) is 9.47 Å². The van der Waals surface area contributed by atoms with Crippen molar-refractivity contribution >= 4 is 29.1 Å². The van der Waals surface area contributed by atoms with Crippen molar-refractivity contribution in [1.82, 2.24) is 5.32 Å². The lowest BCUT2D eigenvalue weighted by Crippen LogP contribution is -2.41. The summed E-state index contributed by atoms with van der Waals surface area (Å²) in [6.45, 7) is 6.87. The van der Waals surface area contributed by atoms with Gasteiger partial charge in [-0.2, -0.15) is 0 Å². The maximum absolute atomic E-state index is 13.0. The van der Waals surface area contributed by atoms with Crippen LogP contribution in [0.15, 0.2) is 42.5 Å². The molecule has 2 N–H and O–H groups in total. The van der Waals surface area contributed by atoms with Gasteiger partial charge < -0.3 is 25.0 Å². The number of hydrogen-bond acceptors (Lipinski definition) is 5. The highest BCUT2D eigenvalue weighted by Gasteiger charge is 2.36. The van der Waals surface area contributed by atoms with Crippen molar-refractivity contribution in [3.63, 3.8) is 0 Å². The van der Waals surface area contributed by atoms with Gasteiger partial charge in [0.15, 0.2) is 11.5 Å². The van der Waals surface area contributed by atoms with Crippen LogP contribution in [0.3, 0.4) is 0 Å². The van der Waals surface area contributed by atoms with Crippen LogP contribution < -0.4 is 25.0 Å². The number of para-hydroxylation sites is 1. The number of nitrogens with one attached hydrogen (secondary N) is 2. The number of amides is 3. The molecule has 0 aliphatic carbocycles. The van der Waals surface area contributed by atoms with Gasteiger partial charge in [0.2, 0.25) is 11.8 Å². The fraction of sp³-hybridized carbons (Fsp3) is 0.375. The van der Waals surface area contributed by atoms with Gasteiger partial charge in [0.25, 0.3) is 5.91 Å². The lowest BCUT2D eigenvalue weighted by Gasteiger charge is -2.22. The summed E-state index contributed by atoms with van der Waals surface area (Å²) in [5, 5.41) is 5.74. The quantitative estimate of drug-likeness (QED) is 0.767. The Bertz CT molecular complexity index is 1060. The average Bonchev–Trinajstić information content (AvgIpc) is 3.14. The predicted octanol–water partition coefficient (Wildman–Crippen LogP) is 2.98. The fourth-order valence-electron chi connectivity index (χ4n) is 3.77. The number of fused-ring (bicyclic) bond motifs is 1. The van der Waals surface area contributed by atoms with Crippen LogP contribution in [0.1, 0.15) is 37.6 Å². The lowest BCUT2D eigenvalue weighted by molar-refractivity contribution is -0.122. The van der Waals surface area contributed by atoms with Crippen molar-refractivity contribution in [2.24, 2.45) is 5.92 Å². The van der Waals surface area contributed by atoms with Gasteiger partial charge in [-0.1, -0.05) is 12.1 Å². The van der Waals surface area contributed by atoms with E-state index in [2.05, 4.69) is 10.6 Å². The molecule has 0 saturated carbocycles. The number of carbonyl (C=O) groups is 3. The minimum atomic E-state index is -0.533. The van der Waals surface area contributed by atoms with Crippen molar-refractivity contribution in [3.05, 3.63) is 48.0 Å². The lowest BCUT2D eigenvalue weighted by atomic mass is 10.1. The molecule has 4 rings (SSSR count). The van der Waals surface area contributed by atoms with Crippen molar-refractivity contribution in [2.75, 3.05) is 30.0 Å². The second kappa shape index (κ2) is 8.53. The number of anilines is 2. The van der Waals surface area contributed by atoms with Crippen molar-refractivity contribution < 1.29 is 23.9 Å². The molecule has 1 fully saturated rings. The van der Waals surface area contributed by atoms with Gasteiger partial charge in [-0.25, -0.2) is 0 Å². The van der Waals surface area contributed by atoms with Gasteiger partial charge in [-0.15, -0.1) is 0 Å². The average molecular weight is 437 g/mol. The number of hydrogen-bond donors (Lipinski definition) is 2. The van der Waals surface area contributed by atoms with Gasteiger partial charge in [-0.3, -0.25) is 14.4 Å². The van der Waals surface area contributed by atoms with Crippen LogP contribution in [-0.4, -0.2) is 43.0 Å². The summed E-state index contributed by atoms with van der Waals surface area (Å²) < 4.78 is 11.1. The first-order chi connectivity index (χ1) is 15.2. The zero-order chi connectivity index (χ0) is 22.9. The minimum absolute atomic E-state index is 0.0939. The Kier molecular flexibility index (Phi) is 5.78. The molecular formula is C24H27N3O5. The van der Waals surface area contributed by atoms with Gasteiger partial charge in [0, 0.05) is 30.3 Å². The SMILES string of the molecule is CC(C)(C)NC(=O)c1ccccc1NC(=O)C1CC(=O)N(c2ccc3c(c2)OCCO3)C1. The molecule has 1 atom stereocenters. The zero-order valence-corrected chi connectivity index (χ0v) is 18.4. The van der Waals surface area contributed by atoms with Crippen molar-refractivity contribution in [3.8, 4) is 11.5 Å². The summed E-state index contributed by atoms with van der Waals surface area (Å²) in [5.74, 6) is -0.00227. The molecule has 2 heterocycles. The Morgan fingerprint density at radius 1 is 1.03 bits per heavy atom. The van der Waals surface area contributed by atoms with Crippen LogP contribution in [0.25, 0.3) is 0 Å². The van der Waals surface area contributed by atoms with Crippen LogP contribution in [-0.2, 0) is 9.59 Å². The van der Waals surface area contributed by atoms with E-state index in [0.29, 0.717) is 41.7 Å². The van der Waals surface area contributed by atoms with Crippen molar-refractivity contribution in [1.29, 1.82) is 0 Å². The Labute approximate surface area is 186 Å². The maximum Gasteiger partial charge on any atom is 0.253 e. The molecule has 1 saturated heterocycles. The fourth-order valence-corrected chi connectivity index (χ4v) is 3.77. The van der Waals surface area contributed by atoms with E-state index >= 15 is 0 Å². The molecule has 1 unspecified atom stereocenters. The molecule has 2 aromatic rings. The minimum Gasteiger partial charge on any atom is -0.486 e. The van der Waals surface area contributed by atoms with Gasteiger partial charge >= 0.3 is 0 Å². The van der Waals surface area contributed by atoms with Gasteiger partial charge in [0.05, 0.1) is 17.2 Å². The predicted molar refractivity (Wildman–Crippen MR) is 120 cm³/mol. The van der Waals surface area contributed by atoms with Crippen LogP contribution in [0.5, 0.6) is 11.5 Å². The molecule has 2 aliphatic rings. The molecule has 2 aliphatic heterocycles. The number of benzene rings is 2. The summed E-state index contributed by atoms with van der Waals surface area (Å²) in [6.07, 6.45) is 0.0939. The molecular weight excluding hydrogens is 410 g/mol. The molecule has 8 heteroatoms. The van der Waals surface area contributed by atoms with Crippen molar-refractivity contribution in [2.45, 2.75) is 32.7 Å². The number of rotatable bonds is 4. The molecule has 0 radical (unpaired) electrons. The molecule has 8 nitrogen and oxygen atoms in total. The normalized spacial score (nSPS) is 17.8. The molecule has 168 valence electrons. The topological polar surface area (TPSA) is 97.0 Å². The molecule has 0 bridgehead atoms. The summed E-state index contributed by atoms with van der Waals surface area (Å²) in [5.41, 5.74) is 1.06. The summed E-state index contributed by atoms with van der Waals surface area (Å²) >= 11 is 0. The van der Waals surface area contributed by atoms with E-state index in [-0.39, 0.29) is 30.7 Å². The summed E-state index contributed by atoms with van der Waals surface area (Å²) in [7, 11) is 0. The molecule has 0 aromatic heterocycles. The largest absolute Gasteiger partial charge is 0.486 e. The summed E-state index contributed by atoms with van der Waals surface area (Å²) in [4.78, 5) is 39.8. The number of nitrogens with zero attached hydrogens (tertiary/aromatic N) is 1. The third kappa shape index (κ3) is 4.69. The van der Waals surface area contributed by atoms with Crippen LogP contribution in [0, 0.1) is 5.92 Å². The Balaban J connectivity index is 1.47. The molecule has 3 amide bonds. The Morgan fingerprint density at radius 2 is 1.75 bits per heavy atom. The first-order valence-corrected chi connectivity index (χ1v) is 10.6. The van der Waals surface area contributed by atoms with Crippen LogP contribution >= 0.6 is 0 Å². The van der Waals surface area contributed by atoms with Gasteiger partial charge in [0.1, 0.15) is 13.2 Å². The van der Waals surface area contributed by atoms with E-state index in [1.807, 2.05) is 20.8 Å². The smallest absolute Gasteiger partial charge is 0.253 e. The van der Waals surface area contributed by atoms with Crippen LogP contribution in [0.4, 0.5) is 11.4 Å². The molecule has 32 heavy (non-hydrogen) atoms. The highest BCUT2D eigenvalue weighted by atomic mass is 16.6. The third-order valence-electron chi connectivity index (χ3n) is 5.25. The van der Waals surface area contributed by atoms with E-state index < -0.39 is 11.5 Å². The standard InChI is InChI=1S/C24H27N3O5/c1-24(2,3)26-23(30)17-6-4-5-7-18(17)25-22(29)15-12-21(28)27(14-15)16-8-9-19-20(13-16)32-11-10-31-19/h4-9,13,15H,10-12,14H2,1-3H3,(H,25,29)(H,26,30). The first-order valence-electron chi connectivity index (χ1n) is 10.6. The monoisotopic (exact) mass is 437 g/mol. The van der Waals surface area contributed by atoms with E-state index in [0.717, 1.165) is 0 Å².